The van der Waals surface area contributed by atoms with Crippen molar-refractivity contribution in [3.05, 3.63) is 105 Å². The molecule has 0 fully saturated rings. The number of ether oxygens (including phenoxy) is 2. The van der Waals surface area contributed by atoms with Crippen molar-refractivity contribution < 1.29 is 34.2 Å². The van der Waals surface area contributed by atoms with Crippen LogP contribution in [0.3, 0.4) is 0 Å². The van der Waals surface area contributed by atoms with Gasteiger partial charge in [0, 0.05) is 65.0 Å². The van der Waals surface area contributed by atoms with E-state index in [1.807, 2.05) is 62.2 Å². The molecule has 50 heavy (non-hydrogen) atoms. The van der Waals surface area contributed by atoms with Crippen LogP contribution >= 0.6 is 0 Å². The normalized spacial score (nSPS) is 15.8. The Morgan fingerprint density at radius 1 is 1.08 bits per heavy atom. The summed E-state index contributed by atoms with van der Waals surface area (Å²) < 4.78 is 11.4. The highest BCUT2D eigenvalue weighted by molar-refractivity contribution is 6.09. The van der Waals surface area contributed by atoms with Crippen molar-refractivity contribution in [3.8, 4) is 5.75 Å². The summed E-state index contributed by atoms with van der Waals surface area (Å²) in [6.07, 6.45) is -0.810. The number of rotatable bonds is 15. The lowest BCUT2D eigenvalue weighted by atomic mass is 9.80. The van der Waals surface area contributed by atoms with Gasteiger partial charge in [-0.25, -0.2) is 9.59 Å². The standard InChI is InChI=1S/C37H43N5O8/c1-6-49-36(46)33-29(39-22(2)31(35(44)45)32(33)23-11-9-12-24(17-23)42(47)48)19-41(5)21-37(3,4)38-18-25(43)20-50-30-16-10-14-27-26-13-7-8-15-28(26)40-34(27)30/h7-17,25,32,38-40,43H,6,18-21H2,1-5H3,(H,44,45). The van der Waals surface area contributed by atoms with E-state index in [0.29, 0.717) is 29.3 Å². The number of hydrogen-bond acceptors (Lipinski definition) is 10. The fourth-order valence-corrected chi connectivity index (χ4v) is 6.57. The molecule has 1 aliphatic heterocycles. The second-order valence-corrected chi connectivity index (χ2v) is 13.1. The molecule has 4 aromatic rings. The Bertz CT molecular complexity index is 1980. The summed E-state index contributed by atoms with van der Waals surface area (Å²) >= 11 is 0. The lowest BCUT2D eigenvalue weighted by molar-refractivity contribution is -0.384. The molecule has 0 aliphatic carbocycles. The number of nitro benzene ring substituents is 1. The van der Waals surface area contributed by atoms with Crippen LogP contribution in [0.15, 0.2) is 89.3 Å². The molecular weight excluding hydrogens is 642 g/mol. The van der Waals surface area contributed by atoms with Crippen molar-refractivity contribution in [2.45, 2.75) is 45.3 Å². The monoisotopic (exact) mass is 685 g/mol. The average molecular weight is 686 g/mol. The van der Waals surface area contributed by atoms with Gasteiger partial charge in [-0.15, -0.1) is 0 Å². The number of carboxylic acid groups (broad SMARTS) is 1. The fourth-order valence-electron chi connectivity index (χ4n) is 6.57. The minimum atomic E-state index is -1.26. The average Bonchev–Trinajstić information content (AvgIpc) is 3.45. The van der Waals surface area contributed by atoms with Crippen molar-refractivity contribution >= 4 is 39.4 Å². The Hall–Kier alpha value is -5.24. The highest BCUT2D eigenvalue weighted by Crippen LogP contribution is 2.40. The number of H-pyrrole nitrogens is 1. The molecule has 5 rings (SSSR count). The number of aliphatic carboxylic acids is 1. The van der Waals surface area contributed by atoms with Crippen LogP contribution in [-0.2, 0) is 14.3 Å². The first-order chi connectivity index (χ1) is 23.8. The van der Waals surface area contributed by atoms with Gasteiger partial charge in [-0.2, -0.15) is 0 Å². The van der Waals surface area contributed by atoms with Crippen LogP contribution in [-0.4, -0.2) is 88.5 Å². The lowest BCUT2D eigenvalue weighted by Crippen LogP contribution is -2.51. The molecule has 0 amide bonds. The van der Waals surface area contributed by atoms with Crippen LogP contribution < -0.4 is 15.4 Å². The predicted octanol–water partition coefficient (Wildman–Crippen LogP) is 4.83. The second kappa shape index (κ2) is 15.1. The number of carboxylic acids is 1. The van der Waals surface area contributed by atoms with E-state index in [-0.39, 0.29) is 43.1 Å². The zero-order chi connectivity index (χ0) is 36.2. The van der Waals surface area contributed by atoms with E-state index >= 15 is 0 Å². The van der Waals surface area contributed by atoms with Gasteiger partial charge in [0.1, 0.15) is 18.5 Å². The summed E-state index contributed by atoms with van der Waals surface area (Å²) in [5.41, 5.74) is 2.16. The zero-order valence-corrected chi connectivity index (χ0v) is 28.8. The molecule has 13 nitrogen and oxygen atoms in total. The molecule has 0 bridgehead atoms. The van der Waals surface area contributed by atoms with Crippen LogP contribution in [0.25, 0.3) is 21.8 Å². The largest absolute Gasteiger partial charge is 0.489 e. The second-order valence-electron chi connectivity index (χ2n) is 13.1. The molecule has 1 aromatic heterocycles. The maximum atomic E-state index is 13.5. The first-order valence-corrected chi connectivity index (χ1v) is 16.4. The first-order valence-electron chi connectivity index (χ1n) is 16.4. The number of benzene rings is 3. The van der Waals surface area contributed by atoms with Gasteiger partial charge >= 0.3 is 11.9 Å². The summed E-state index contributed by atoms with van der Waals surface area (Å²) in [5, 5.41) is 41.3. The number of aromatic amines is 1. The SMILES string of the molecule is CCOC(=O)C1=C(CN(C)CC(C)(C)NCC(O)COc2cccc3c2[nH]c2ccccc23)NC(C)=C(C(=O)O)C1c1cccc([N+](=O)[O-])c1. The van der Waals surface area contributed by atoms with Crippen LogP contribution in [0, 0.1) is 10.1 Å². The highest BCUT2D eigenvalue weighted by atomic mass is 16.6. The third kappa shape index (κ3) is 7.96. The maximum Gasteiger partial charge on any atom is 0.336 e. The molecule has 0 saturated heterocycles. The Labute approximate surface area is 289 Å². The number of allylic oxidation sites excluding steroid dienone is 1. The number of nitro groups is 1. The zero-order valence-electron chi connectivity index (χ0n) is 28.8. The highest BCUT2D eigenvalue weighted by Gasteiger charge is 2.39. The number of β-amino-alcohol motifs (C(OH)–C–C–N with tert-alkyl or cyclic N) is 1. The summed E-state index contributed by atoms with van der Waals surface area (Å²) in [6, 6.07) is 19.5. The van der Waals surface area contributed by atoms with Crippen LogP contribution in [0.5, 0.6) is 5.75 Å². The maximum absolute atomic E-state index is 13.5. The number of dihydropyridines is 1. The minimum absolute atomic E-state index is 0.0537. The molecular formula is C37H43N5O8. The van der Waals surface area contributed by atoms with Crippen LogP contribution in [0.4, 0.5) is 5.69 Å². The molecule has 13 heteroatoms. The van der Waals surface area contributed by atoms with Crippen molar-refractivity contribution in [2.75, 3.05) is 39.9 Å². The fraction of sp³-hybridized carbons (Fsp3) is 0.351. The Morgan fingerprint density at radius 2 is 1.80 bits per heavy atom. The number of aromatic nitrogens is 1. The Morgan fingerprint density at radius 3 is 2.52 bits per heavy atom. The van der Waals surface area contributed by atoms with Gasteiger partial charge in [-0.1, -0.05) is 42.5 Å². The van der Waals surface area contributed by atoms with E-state index in [2.05, 4.69) is 21.7 Å². The number of carbonyl (C=O) groups excluding carboxylic acids is 1. The van der Waals surface area contributed by atoms with Crippen LogP contribution in [0.1, 0.15) is 39.2 Å². The summed E-state index contributed by atoms with van der Waals surface area (Å²) in [6.45, 7) is 8.26. The number of nitrogens with one attached hydrogen (secondary N) is 3. The molecule has 0 saturated carbocycles. The summed E-state index contributed by atoms with van der Waals surface area (Å²) in [4.78, 5) is 42.3. The van der Waals surface area contributed by atoms with Gasteiger partial charge < -0.3 is 35.3 Å². The van der Waals surface area contributed by atoms with Gasteiger partial charge in [0.2, 0.25) is 0 Å². The van der Waals surface area contributed by atoms with E-state index in [9.17, 15) is 29.9 Å². The molecule has 3 aromatic carbocycles. The molecule has 0 spiro atoms. The number of likely N-dealkylation sites (N-methyl/N-ethyl adjacent to an activating group) is 1. The predicted molar refractivity (Wildman–Crippen MR) is 190 cm³/mol. The lowest BCUT2D eigenvalue weighted by Gasteiger charge is -2.35. The van der Waals surface area contributed by atoms with E-state index in [1.165, 1.54) is 18.2 Å². The summed E-state index contributed by atoms with van der Waals surface area (Å²) in [5.74, 6) is -2.42. The number of aliphatic hydroxyl groups excluding tert-OH is 1. The number of nitrogens with zero attached hydrogens (tertiary/aromatic N) is 2. The van der Waals surface area contributed by atoms with E-state index < -0.39 is 34.4 Å². The third-order valence-electron chi connectivity index (χ3n) is 8.63. The van der Waals surface area contributed by atoms with E-state index in [1.54, 1.807) is 19.9 Å². The smallest absolute Gasteiger partial charge is 0.336 e. The van der Waals surface area contributed by atoms with Gasteiger partial charge in [0.05, 0.1) is 34.1 Å². The molecule has 1 aliphatic rings. The number of aliphatic hydroxyl groups is 1. The topological polar surface area (TPSA) is 179 Å². The molecule has 2 atom stereocenters. The number of non-ortho nitro benzene ring substituents is 1. The minimum Gasteiger partial charge on any atom is -0.489 e. The molecule has 2 unspecified atom stereocenters. The summed E-state index contributed by atoms with van der Waals surface area (Å²) in [7, 11) is 1.86. The number of para-hydroxylation sites is 2. The van der Waals surface area contributed by atoms with Gasteiger partial charge in [-0.3, -0.25) is 15.0 Å². The number of esters is 1. The quantitative estimate of drug-likeness (QED) is 0.0657. The van der Waals surface area contributed by atoms with Gasteiger partial charge in [0.15, 0.2) is 0 Å². The van der Waals surface area contributed by atoms with E-state index in [4.69, 9.17) is 9.47 Å². The van der Waals surface area contributed by atoms with Crippen molar-refractivity contribution in [1.82, 2.24) is 20.5 Å². The first kappa shape index (κ1) is 36.1. The molecule has 2 heterocycles. The molecule has 5 N–H and O–H groups in total. The van der Waals surface area contributed by atoms with Crippen molar-refractivity contribution in [1.29, 1.82) is 0 Å². The van der Waals surface area contributed by atoms with Crippen molar-refractivity contribution in [2.24, 2.45) is 0 Å². The number of hydrogen-bond donors (Lipinski definition) is 5. The third-order valence-corrected chi connectivity index (χ3v) is 8.63. The van der Waals surface area contributed by atoms with Gasteiger partial charge in [-0.05, 0) is 52.4 Å². The van der Waals surface area contributed by atoms with Crippen LogP contribution in [0.2, 0.25) is 0 Å². The Balaban J connectivity index is 1.28. The van der Waals surface area contributed by atoms with Crippen molar-refractivity contribution in [3.63, 3.8) is 0 Å². The molecule has 264 valence electrons. The number of fused-ring (bicyclic) bond motifs is 3. The number of carbonyl (C=O) groups is 2. The van der Waals surface area contributed by atoms with E-state index in [0.717, 1.165) is 21.8 Å². The molecule has 0 radical (unpaired) electrons. The van der Waals surface area contributed by atoms with Gasteiger partial charge in [0.25, 0.3) is 5.69 Å². The Kier molecular flexibility index (Phi) is 10.9.